The van der Waals surface area contributed by atoms with E-state index in [-0.39, 0.29) is 46.3 Å². The van der Waals surface area contributed by atoms with Crippen LogP contribution >= 0.6 is 11.3 Å². The van der Waals surface area contributed by atoms with E-state index in [2.05, 4.69) is 36.0 Å². The number of ether oxygens (including phenoxy) is 1. The molecule has 6 rings (SSSR count). The first-order chi connectivity index (χ1) is 24.5. The van der Waals surface area contributed by atoms with Gasteiger partial charge in [0.25, 0.3) is 11.8 Å². The van der Waals surface area contributed by atoms with Crippen LogP contribution in [-0.4, -0.2) is 74.6 Å². The van der Waals surface area contributed by atoms with Crippen LogP contribution in [0, 0.1) is 6.92 Å². The summed E-state index contributed by atoms with van der Waals surface area (Å²) in [7, 11) is 0. The van der Waals surface area contributed by atoms with Gasteiger partial charge in [0, 0.05) is 46.9 Å². The van der Waals surface area contributed by atoms with Gasteiger partial charge < -0.3 is 20.1 Å². The Kier molecular flexibility index (Phi) is 11.7. The van der Waals surface area contributed by atoms with Crippen molar-refractivity contribution in [2.75, 3.05) is 13.1 Å². The van der Waals surface area contributed by atoms with Crippen molar-refractivity contribution in [3.63, 3.8) is 0 Å². The van der Waals surface area contributed by atoms with Crippen LogP contribution in [0.25, 0.3) is 0 Å². The standard InChI is InChI=1S/C41H49FN4O4S/c1-27-26-51-39(43-27)35-16-11-17-45(35)40(49)32-19-30(23-42)18-31(21-32)38(48)44-34(20-28-12-7-5-8-13-28)37(47)36-22-33(24-46(36)41(2,3)4)50-25-29-14-9-6-10-15-29/h5-10,12-15,18-19,21,26,33-37,47H,11,16-17,20,22-25H2,1-4H3,(H,44,48)/t33-,34+,35?,36-,37+/m1/s1. The number of alkyl halides is 1. The van der Waals surface area contributed by atoms with Crippen LogP contribution in [0.3, 0.4) is 0 Å². The molecule has 2 aliphatic heterocycles. The van der Waals surface area contributed by atoms with Gasteiger partial charge in [0.15, 0.2) is 0 Å². The second-order valence-electron chi connectivity index (χ2n) is 14.8. The molecular weight excluding hydrogens is 664 g/mol. The molecule has 1 aromatic heterocycles. The van der Waals surface area contributed by atoms with E-state index in [1.165, 1.54) is 23.5 Å². The largest absolute Gasteiger partial charge is 0.389 e. The SMILES string of the molecule is Cc1csc(C2CCCN2C(=O)c2cc(CF)cc(C(=O)N[C@@H](Cc3ccccc3)[C@H](O)[C@H]3C[C@@H](OCc4ccccc4)CN3C(C)(C)C)c2)n1. The number of hydrogen-bond donors (Lipinski definition) is 2. The summed E-state index contributed by atoms with van der Waals surface area (Å²) >= 11 is 1.54. The maximum atomic E-state index is 14.3. The zero-order valence-corrected chi connectivity index (χ0v) is 30.7. The minimum Gasteiger partial charge on any atom is -0.389 e. The average Bonchev–Trinajstić information content (AvgIpc) is 3.90. The van der Waals surface area contributed by atoms with Gasteiger partial charge in [0.2, 0.25) is 0 Å². The van der Waals surface area contributed by atoms with E-state index in [0.717, 1.165) is 34.7 Å². The Morgan fingerprint density at radius 2 is 1.71 bits per heavy atom. The van der Waals surface area contributed by atoms with E-state index >= 15 is 0 Å². The first kappa shape index (κ1) is 36.8. The highest BCUT2D eigenvalue weighted by atomic mass is 32.1. The number of aliphatic hydroxyl groups excluding tert-OH is 1. The first-order valence-corrected chi connectivity index (χ1v) is 18.8. The Labute approximate surface area is 304 Å². The molecule has 4 aromatic rings. The lowest BCUT2D eigenvalue weighted by molar-refractivity contribution is 0.00488. The van der Waals surface area contributed by atoms with Gasteiger partial charge in [0.05, 0.1) is 30.9 Å². The molecule has 51 heavy (non-hydrogen) atoms. The van der Waals surface area contributed by atoms with Gasteiger partial charge in [-0.25, -0.2) is 9.37 Å². The van der Waals surface area contributed by atoms with Gasteiger partial charge >= 0.3 is 0 Å². The molecule has 3 heterocycles. The number of likely N-dealkylation sites (tertiary alicyclic amines) is 2. The molecule has 2 saturated heterocycles. The second kappa shape index (κ2) is 16.2. The quantitative estimate of drug-likeness (QED) is 0.164. The predicted molar refractivity (Wildman–Crippen MR) is 198 cm³/mol. The van der Waals surface area contributed by atoms with Crippen LogP contribution in [0.1, 0.15) is 94.2 Å². The predicted octanol–water partition coefficient (Wildman–Crippen LogP) is 7.06. The smallest absolute Gasteiger partial charge is 0.254 e. The van der Waals surface area contributed by atoms with E-state index < -0.39 is 24.7 Å². The third kappa shape index (κ3) is 8.92. The van der Waals surface area contributed by atoms with Crippen molar-refractivity contribution in [1.82, 2.24) is 20.1 Å². The number of amides is 2. The zero-order valence-electron chi connectivity index (χ0n) is 29.9. The molecule has 0 bridgehead atoms. The molecule has 2 N–H and O–H groups in total. The molecule has 270 valence electrons. The summed E-state index contributed by atoms with van der Waals surface area (Å²) in [6.07, 6.45) is 1.58. The summed E-state index contributed by atoms with van der Waals surface area (Å²) in [6, 6.07) is 23.3. The van der Waals surface area contributed by atoms with Crippen LogP contribution in [0.15, 0.2) is 84.2 Å². The highest BCUT2D eigenvalue weighted by Crippen LogP contribution is 2.35. The number of carbonyl (C=O) groups is 2. The number of rotatable bonds is 12. The summed E-state index contributed by atoms with van der Waals surface area (Å²) in [6.45, 7) is 9.17. The van der Waals surface area contributed by atoms with Crippen molar-refractivity contribution in [3.05, 3.63) is 123 Å². The van der Waals surface area contributed by atoms with Gasteiger partial charge in [-0.3, -0.25) is 14.5 Å². The van der Waals surface area contributed by atoms with Crippen molar-refractivity contribution < 1.29 is 23.8 Å². The van der Waals surface area contributed by atoms with E-state index in [1.54, 1.807) is 11.0 Å². The number of aromatic nitrogens is 1. The topological polar surface area (TPSA) is 95.0 Å². The molecule has 2 amide bonds. The van der Waals surface area contributed by atoms with Crippen LogP contribution in [0.2, 0.25) is 0 Å². The Hall–Kier alpha value is -3.96. The summed E-state index contributed by atoms with van der Waals surface area (Å²) in [4.78, 5) is 36.7. The molecular formula is C41H49FN4O4S. The highest BCUT2D eigenvalue weighted by Gasteiger charge is 2.44. The van der Waals surface area contributed by atoms with Gasteiger partial charge in [-0.15, -0.1) is 11.3 Å². The van der Waals surface area contributed by atoms with E-state index in [1.807, 2.05) is 73.0 Å². The van der Waals surface area contributed by atoms with Crippen LogP contribution in [0.4, 0.5) is 4.39 Å². The number of halogens is 1. The molecule has 0 radical (unpaired) electrons. The second-order valence-corrected chi connectivity index (χ2v) is 15.7. The summed E-state index contributed by atoms with van der Waals surface area (Å²) in [5.41, 5.74) is 3.40. The fraction of sp³-hybridized carbons (Fsp3) is 0.439. The fourth-order valence-corrected chi connectivity index (χ4v) is 8.40. The van der Waals surface area contributed by atoms with Crippen molar-refractivity contribution in [1.29, 1.82) is 0 Å². The molecule has 10 heteroatoms. The monoisotopic (exact) mass is 712 g/mol. The molecule has 0 spiro atoms. The molecule has 5 atom stereocenters. The van der Waals surface area contributed by atoms with E-state index in [0.29, 0.717) is 32.5 Å². The van der Waals surface area contributed by atoms with Crippen LogP contribution in [0.5, 0.6) is 0 Å². The fourth-order valence-electron chi connectivity index (χ4n) is 7.46. The average molecular weight is 713 g/mol. The normalized spacial score (nSPS) is 20.7. The van der Waals surface area contributed by atoms with Crippen molar-refractivity contribution in [2.24, 2.45) is 0 Å². The third-order valence-corrected chi connectivity index (χ3v) is 11.1. The zero-order chi connectivity index (χ0) is 36.1. The molecule has 8 nitrogen and oxygen atoms in total. The van der Waals surface area contributed by atoms with Gasteiger partial charge in [-0.1, -0.05) is 60.7 Å². The Bertz CT molecular complexity index is 1780. The molecule has 0 aliphatic carbocycles. The Morgan fingerprint density at radius 1 is 1.02 bits per heavy atom. The number of aliphatic hydroxyl groups is 1. The number of nitrogens with zero attached hydrogens (tertiary/aromatic N) is 3. The van der Waals surface area contributed by atoms with Crippen molar-refractivity contribution in [2.45, 2.75) is 103 Å². The lowest BCUT2D eigenvalue weighted by Gasteiger charge is -2.41. The van der Waals surface area contributed by atoms with E-state index in [4.69, 9.17) is 4.74 Å². The Balaban J connectivity index is 1.24. The van der Waals surface area contributed by atoms with Crippen molar-refractivity contribution >= 4 is 23.2 Å². The molecule has 1 unspecified atom stereocenters. The maximum Gasteiger partial charge on any atom is 0.254 e. The van der Waals surface area contributed by atoms with Gasteiger partial charge in [-0.2, -0.15) is 0 Å². The number of thiazole rings is 1. The number of carbonyl (C=O) groups excluding carboxylic acids is 2. The lowest BCUT2D eigenvalue weighted by atomic mass is 9.92. The molecule has 2 aliphatic rings. The summed E-state index contributed by atoms with van der Waals surface area (Å²) in [5.74, 6) is -0.714. The minimum atomic E-state index is -0.948. The Morgan fingerprint density at radius 3 is 2.35 bits per heavy atom. The minimum absolute atomic E-state index is 0.102. The van der Waals surface area contributed by atoms with Gasteiger partial charge in [-0.05, 0) is 88.3 Å². The summed E-state index contributed by atoms with van der Waals surface area (Å²) in [5, 5.41) is 18.2. The van der Waals surface area contributed by atoms with Crippen molar-refractivity contribution in [3.8, 4) is 0 Å². The number of benzene rings is 3. The molecule has 2 fully saturated rings. The number of aryl methyl sites for hydroxylation is 1. The third-order valence-electron chi connectivity index (χ3n) is 10.0. The number of nitrogens with one attached hydrogen (secondary N) is 1. The summed E-state index contributed by atoms with van der Waals surface area (Å²) < 4.78 is 20.6. The van der Waals surface area contributed by atoms with Crippen LogP contribution < -0.4 is 5.32 Å². The van der Waals surface area contributed by atoms with Crippen LogP contribution in [-0.2, 0) is 24.4 Å². The van der Waals surface area contributed by atoms with E-state index in [9.17, 15) is 19.1 Å². The first-order valence-electron chi connectivity index (χ1n) is 17.9. The molecule has 0 saturated carbocycles. The number of hydrogen-bond acceptors (Lipinski definition) is 7. The highest BCUT2D eigenvalue weighted by molar-refractivity contribution is 7.09. The lowest BCUT2D eigenvalue weighted by Crippen LogP contribution is -2.56. The van der Waals surface area contributed by atoms with Gasteiger partial charge in [0.1, 0.15) is 11.7 Å². The maximum absolute atomic E-state index is 14.3. The molecule has 3 aromatic carbocycles.